The summed E-state index contributed by atoms with van der Waals surface area (Å²) in [5.41, 5.74) is 0.817. The summed E-state index contributed by atoms with van der Waals surface area (Å²) in [4.78, 5) is 12.2. The Morgan fingerprint density at radius 1 is 1.08 bits per heavy atom. The number of ether oxygens (including phenoxy) is 2. The van der Waals surface area contributed by atoms with Gasteiger partial charge in [0.25, 0.3) is 5.91 Å². The van der Waals surface area contributed by atoms with Crippen molar-refractivity contribution in [3.8, 4) is 22.8 Å². The van der Waals surface area contributed by atoms with Crippen LogP contribution in [0.4, 0.5) is 10.1 Å². The number of amides is 1. The van der Waals surface area contributed by atoms with Crippen LogP contribution in [0, 0.1) is 5.82 Å². The first-order valence-corrected chi connectivity index (χ1v) is 7.13. The van der Waals surface area contributed by atoms with Crippen molar-refractivity contribution in [1.29, 1.82) is 0 Å². The summed E-state index contributed by atoms with van der Waals surface area (Å²) >= 11 is 0. The first-order valence-electron chi connectivity index (χ1n) is 7.13. The van der Waals surface area contributed by atoms with Crippen molar-refractivity contribution in [2.24, 2.45) is 0 Å². The lowest BCUT2D eigenvalue weighted by Crippen LogP contribution is -2.12. The largest absolute Gasteiger partial charge is 0.454 e. The average Bonchev–Trinajstić information content (AvgIpc) is 3.24. The maximum atomic E-state index is 13.7. The van der Waals surface area contributed by atoms with Crippen molar-refractivity contribution in [3.05, 3.63) is 60.0 Å². The third-order valence-electron chi connectivity index (χ3n) is 3.51. The summed E-state index contributed by atoms with van der Waals surface area (Å²) < 4.78 is 29.3. The molecule has 3 aromatic rings. The maximum Gasteiger partial charge on any atom is 0.277 e. The molecule has 1 aliphatic rings. The molecule has 0 atom stereocenters. The number of nitrogens with zero attached hydrogens (tertiary/aromatic N) is 1. The lowest BCUT2D eigenvalue weighted by atomic mass is 10.1. The molecular formula is C17H11FN2O4. The summed E-state index contributed by atoms with van der Waals surface area (Å²) in [5.74, 6) is 0.441. The van der Waals surface area contributed by atoms with Crippen LogP contribution >= 0.6 is 0 Å². The van der Waals surface area contributed by atoms with E-state index in [0.717, 1.165) is 0 Å². The maximum absolute atomic E-state index is 13.7. The second kappa shape index (κ2) is 5.69. The van der Waals surface area contributed by atoms with Crippen LogP contribution in [0.25, 0.3) is 11.3 Å². The molecule has 2 aromatic carbocycles. The Balaban J connectivity index is 1.54. The Kier molecular flexibility index (Phi) is 3.38. The van der Waals surface area contributed by atoms with E-state index in [0.29, 0.717) is 17.2 Å². The molecule has 7 heteroatoms. The number of hydrogen-bond acceptors (Lipinski definition) is 5. The molecule has 6 nitrogen and oxygen atoms in total. The van der Waals surface area contributed by atoms with Gasteiger partial charge in [0.1, 0.15) is 5.82 Å². The molecule has 0 saturated carbocycles. The molecule has 0 radical (unpaired) electrons. The average molecular weight is 326 g/mol. The quantitative estimate of drug-likeness (QED) is 0.798. The number of nitrogens with one attached hydrogen (secondary N) is 1. The lowest BCUT2D eigenvalue weighted by molar-refractivity contribution is 0.101. The Morgan fingerprint density at radius 2 is 1.92 bits per heavy atom. The number of benzene rings is 2. The molecule has 0 bridgehead atoms. The molecule has 1 aromatic heterocycles. The zero-order chi connectivity index (χ0) is 16.5. The van der Waals surface area contributed by atoms with Gasteiger partial charge in [0.15, 0.2) is 23.0 Å². The number of hydrogen-bond donors (Lipinski definition) is 1. The highest BCUT2D eigenvalue weighted by atomic mass is 19.1. The van der Waals surface area contributed by atoms with Crippen LogP contribution in [-0.2, 0) is 0 Å². The Morgan fingerprint density at radius 3 is 2.79 bits per heavy atom. The topological polar surface area (TPSA) is 73.6 Å². The van der Waals surface area contributed by atoms with Crippen LogP contribution in [0.3, 0.4) is 0 Å². The minimum absolute atomic E-state index is 0.0471. The van der Waals surface area contributed by atoms with E-state index in [1.807, 2.05) is 0 Å². The molecule has 0 unspecified atom stereocenters. The van der Waals surface area contributed by atoms with Gasteiger partial charge < -0.3 is 19.3 Å². The van der Waals surface area contributed by atoms with E-state index in [2.05, 4.69) is 10.5 Å². The fourth-order valence-corrected chi connectivity index (χ4v) is 2.34. The molecule has 0 saturated heterocycles. The fraction of sp³-hybridized carbons (Fsp3) is 0.0588. The molecule has 24 heavy (non-hydrogen) atoms. The Hall–Kier alpha value is -3.35. The van der Waals surface area contributed by atoms with Crippen molar-refractivity contribution < 1.29 is 23.2 Å². The van der Waals surface area contributed by atoms with Crippen molar-refractivity contribution in [2.75, 3.05) is 12.1 Å². The van der Waals surface area contributed by atoms with Gasteiger partial charge in [-0.3, -0.25) is 4.79 Å². The predicted octanol–water partition coefficient (Wildman–Crippen LogP) is 3.46. The van der Waals surface area contributed by atoms with Gasteiger partial charge >= 0.3 is 0 Å². The zero-order valence-electron chi connectivity index (χ0n) is 12.3. The third-order valence-corrected chi connectivity index (χ3v) is 3.51. The minimum atomic E-state index is -0.472. The highest BCUT2D eigenvalue weighted by molar-refractivity contribution is 6.03. The smallest absolute Gasteiger partial charge is 0.277 e. The highest BCUT2D eigenvalue weighted by Crippen LogP contribution is 2.34. The molecule has 2 heterocycles. The predicted molar refractivity (Wildman–Crippen MR) is 82.4 cm³/mol. The first-order chi connectivity index (χ1) is 11.7. The molecule has 120 valence electrons. The van der Waals surface area contributed by atoms with E-state index in [4.69, 9.17) is 14.0 Å². The zero-order valence-corrected chi connectivity index (χ0v) is 12.3. The molecular weight excluding hydrogens is 315 g/mol. The van der Waals surface area contributed by atoms with E-state index in [1.54, 1.807) is 36.4 Å². The van der Waals surface area contributed by atoms with Crippen LogP contribution in [0.15, 0.2) is 53.1 Å². The summed E-state index contributed by atoms with van der Waals surface area (Å²) in [6.45, 7) is 0.155. The van der Waals surface area contributed by atoms with Gasteiger partial charge in [0, 0.05) is 17.8 Å². The number of anilines is 1. The Bertz CT molecular complexity index is 922. The third kappa shape index (κ3) is 2.56. The summed E-state index contributed by atoms with van der Waals surface area (Å²) in [7, 11) is 0. The lowest BCUT2D eigenvalue weighted by Gasteiger charge is -2.03. The van der Waals surface area contributed by atoms with E-state index >= 15 is 0 Å². The van der Waals surface area contributed by atoms with Crippen molar-refractivity contribution in [3.63, 3.8) is 0 Å². The minimum Gasteiger partial charge on any atom is -0.454 e. The molecule has 0 spiro atoms. The van der Waals surface area contributed by atoms with Gasteiger partial charge in [-0.1, -0.05) is 17.3 Å². The summed E-state index contributed by atoms with van der Waals surface area (Å²) in [6, 6.07) is 12.5. The highest BCUT2D eigenvalue weighted by Gasteiger charge is 2.18. The van der Waals surface area contributed by atoms with Crippen molar-refractivity contribution in [1.82, 2.24) is 5.16 Å². The number of fused-ring (bicyclic) bond motifs is 1. The van der Waals surface area contributed by atoms with Crippen molar-refractivity contribution in [2.45, 2.75) is 0 Å². The number of aromatic nitrogens is 1. The monoisotopic (exact) mass is 326 g/mol. The Labute approximate surface area is 135 Å². The van der Waals surface area contributed by atoms with Crippen LogP contribution in [0.5, 0.6) is 11.5 Å². The van der Waals surface area contributed by atoms with Gasteiger partial charge in [0.2, 0.25) is 6.79 Å². The van der Waals surface area contributed by atoms with Crippen LogP contribution in [0.1, 0.15) is 10.5 Å². The van der Waals surface area contributed by atoms with E-state index in [9.17, 15) is 9.18 Å². The van der Waals surface area contributed by atoms with Gasteiger partial charge in [-0.05, 0) is 24.3 Å². The molecule has 4 rings (SSSR count). The summed E-state index contributed by atoms with van der Waals surface area (Å²) in [6.07, 6.45) is 0. The molecule has 1 N–H and O–H groups in total. The normalized spacial score (nSPS) is 12.2. The van der Waals surface area contributed by atoms with Gasteiger partial charge in [-0.2, -0.15) is 0 Å². The van der Waals surface area contributed by atoms with Crippen molar-refractivity contribution >= 4 is 11.6 Å². The first kappa shape index (κ1) is 14.3. The molecule has 0 fully saturated rings. The van der Waals surface area contributed by atoms with E-state index in [1.165, 1.54) is 12.1 Å². The number of carbonyl (C=O) groups excluding carboxylic acids is 1. The fourth-order valence-electron chi connectivity index (χ4n) is 2.34. The number of halogens is 1. The number of rotatable bonds is 3. The second-order valence-corrected chi connectivity index (χ2v) is 5.08. The molecule has 0 aliphatic carbocycles. The van der Waals surface area contributed by atoms with Gasteiger partial charge in [-0.25, -0.2) is 4.39 Å². The molecule has 1 amide bonds. The SMILES string of the molecule is O=C(Nc1ccc2c(c1)OCO2)c1cc(-c2ccccc2F)on1. The molecule has 1 aliphatic heterocycles. The second-order valence-electron chi connectivity index (χ2n) is 5.08. The summed E-state index contributed by atoms with van der Waals surface area (Å²) in [5, 5.41) is 6.37. The van der Waals surface area contributed by atoms with E-state index in [-0.39, 0.29) is 23.8 Å². The van der Waals surface area contributed by atoms with Crippen LogP contribution in [0.2, 0.25) is 0 Å². The van der Waals surface area contributed by atoms with Gasteiger partial charge in [-0.15, -0.1) is 0 Å². The van der Waals surface area contributed by atoms with Crippen LogP contribution < -0.4 is 14.8 Å². The van der Waals surface area contributed by atoms with Crippen LogP contribution in [-0.4, -0.2) is 17.9 Å². The standard InChI is InChI=1S/C17H11FN2O4/c18-12-4-2-1-3-11(12)15-8-13(20-24-15)17(21)19-10-5-6-14-16(7-10)23-9-22-14/h1-8H,9H2,(H,19,21). The van der Waals surface area contributed by atoms with E-state index < -0.39 is 11.7 Å². The van der Waals surface area contributed by atoms with Gasteiger partial charge in [0.05, 0.1) is 5.56 Å². The number of carbonyl (C=O) groups is 1.